The summed E-state index contributed by atoms with van der Waals surface area (Å²) in [6.07, 6.45) is 0. The Kier molecular flexibility index (Phi) is 3.95. The zero-order valence-corrected chi connectivity index (χ0v) is 9.37. The Hall–Kier alpha value is -1.03. The SMILES string of the molecule is COCCn1nc(NC(C)C)cc1C. The van der Waals surface area contributed by atoms with Crippen molar-refractivity contribution in [2.45, 2.75) is 33.4 Å². The molecule has 0 aromatic carbocycles. The van der Waals surface area contributed by atoms with Crippen molar-refractivity contribution in [3.63, 3.8) is 0 Å². The molecule has 14 heavy (non-hydrogen) atoms. The normalized spacial score (nSPS) is 10.9. The zero-order valence-electron chi connectivity index (χ0n) is 9.37. The molecule has 0 fully saturated rings. The Balaban J connectivity index is 2.62. The number of hydrogen-bond acceptors (Lipinski definition) is 3. The maximum Gasteiger partial charge on any atom is 0.148 e. The van der Waals surface area contributed by atoms with E-state index in [1.165, 1.54) is 0 Å². The van der Waals surface area contributed by atoms with Gasteiger partial charge in [0.05, 0.1) is 13.2 Å². The third kappa shape index (κ3) is 3.03. The standard InChI is InChI=1S/C10H19N3O/c1-8(2)11-10-7-9(3)13(12-10)5-6-14-4/h7-8H,5-6H2,1-4H3,(H,11,12). The van der Waals surface area contributed by atoms with Crippen molar-refractivity contribution >= 4 is 5.82 Å². The van der Waals surface area contributed by atoms with Gasteiger partial charge in [0.15, 0.2) is 0 Å². The number of aromatic nitrogens is 2. The van der Waals surface area contributed by atoms with Gasteiger partial charge in [-0.25, -0.2) is 0 Å². The third-order valence-electron chi connectivity index (χ3n) is 1.92. The van der Waals surface area contributed by atoms with Crippen molar-refractivity contribution < 1.29 is 4.74 Å². The predicted molar refractivity (Wildman–Crippen MR) is 57.6 cm³/mol. The summed E-state index contributed by atoms with van der Waals surface area (Å²) in [5.74, 6) is 0.939. The van der Waals surface area contributed by atoms with Crippen molar-refractivity contribution in [3.8, 4) is 0 Å². The summed E-state index contributed by atoms with van der Waals surface area (Å²) in [7, 11) is 1.70. The van der Waals surface area contributed by atoms with Crippen LogP contribution in [0.2, 0.25) is 0 Å². The number of hydrogen-bond donors (Lipinski definition) is 1. The predicted octanol–water partition coefficient (Wildman–Crippen LogP) is 1.66. The van der Waals surface area contributed by atoms with Crippen LogP contribution in [0.4, 0.5) is 5.82 Å². The molecule has 4 nitrogen and oxygen atoms in total. The average molecular weight is 197 g/mol. The maximum atomic E-state index is 5.01. The second kappa shape index (κ2) is 5.00. The van der Waals surface area contributed by atoms with Crippen molar-refractivity contribution in [2.75, 3.05) is 19.0 Å². The molecule has 0 unspecified atom stereocenters. The summed E-state index contributed by atoms with van der Waals surface area (Å²) in [5.41, 5.74) is 1.16. The largest absolute Gasteiger partial charge is 0.383 e. The zero-order chi connectivity index (χ0) is 10.6. The van der Waals surface area contributed by atoms with E-state index in [0.29, 0.717) is 12.6 Å². The molecule has 1 heterocycles. The topological polar surface area (TPSA) is 39.1 Å². The number of anilines is 1. The molecule has 0 saturated carbocycles. The molecule has 0 amide bonds. The summed E-state index contributed by atoms with van der Waals surface area (Å²) in [6, 6.07) is 2.47. The molecule has 1 N–H and O–H groups in total. The Morgan fingerprint density at radius 1 is 1.57 bits per heavy atom. The van der Waals surface area contributed by atoms with Gasteiger partial charge in [-0.2, -0.15) is 5.10 Å². The monoisotopic (exact) mass is 197 g/mol. The summed E-state index contributed by atoms with van der Waals surface area (Å²) < 4.78 is 6.96. The molecule has 1 aromatic heterocycles. The smallest absolute Gasteiger partial charge is 0.148 e. The van der Waals surface area contributed by atoms with Gasteiger partial charge in [0.2, 0.25) is 0 Å². The molecule has 0 spiro atoms. The van der Waals surface area contributed by atoms with E-state index in [0.717, 1.165) is 18.1 Å². The van der Waals surface area contributed by atoms with Gasteiger partial charge in [0.1, 0.15) is 5.82 Å². The van der Waals surface area contributed by atoms with Crippen LogP contribution in [0.25, 0.3) is 0 Å². The Bertz CT molecular complexity index is 281. The van der Waals surface area contributed by atoms with Crippen LogP contribution in [0.15, 0.2) is 6.07 Å². The van der Waals surface area contributed by atoms with Crippen LogP contribution in [-0.2, 0) is 11.3 Å². The van der Waals surface area contributed by atoms with Gasteiger partial charge in [-0.15, -0.1) is 0 Å². The molecule has 0 atom stereocenters. The van der Waals surface area contributed by atoms with Gasteiger partial charge in [-0.3, -0.25) is 4.68 Å². The molecule has 80 valence electrons. The van der Waals surface area contributed by atoms with E-state index >= 15 is 0 Å². The van der Waals surface area contributed by atoms with Gasteiger partial charge in [0.25, 0.3) is 0 Å². The molecule has 0 aliphatic carbocycles. The average Bonchev–Trinajstić information content (AvgIpc) is 2.41. The Morgan fingerprint density at radius 2 is 2.29 bits per heavy atom. The van der Waals surface area contributed by atoms with Crippen LogP contribution in [0.5, 0.6) is 0 Å². The minimum absolute atomic E-state index is 0.417. The number of nitrogens with zero attached hydrogens (tertiary/aromatic N) is 2. The van der Waals surface area contributed by atoms with E-state index in [9.17, 15) is 0 Å². The highest BCUT2D eigenvalue weighted by molar-refractivity contribution is 5.36. The number of nitrogens with one attached hydrogen (secondary N) is 1. The van der Waals surface area contributed by atoms with Gasteiger partial charge < -0.3 is 10.1 Å². The fourth-order valence-electron chi connectivity index (χ4n) is 1.28. The fourth-order valence-corrected chi connectivity index (χ4v) is 1.28. The Morgan fingerprint density at radius 3 is 2.86 bits per heavy atom. The fraction of sp³-hybridized carbons (Fsp3) is 0.700. The second-order valence-corrected chi connectivity index (χ2v) is 3.69. The first-order valence-corrected chi connectivity index (χ1v) is 4.93. The molecule has 4 heteroatoms. The van der Waals surface area contributed by atoms with Crippen LogP contribution >= 0.6 is 0 Å². The van der Waals surface area contributed by atoms with Crippen LogP contribution in [0, 0.1) is 6.92 Å². The maximum absolute atomic E-state index is 5.01. The van der Waals surface area contributed by atoms with E-state index in [1.54, 1.807) is 7.11 Å². The van der Waals surface area contributed by atoms with Crippen molar-refractivity contribution in [2.24, 2.45) is 0 Å². The second-order valence-electron chi connectivity index (χ2n) is 3.69. The molecular formula is C10H19N3O. The summed E-state index contributed by atoms with van der Waals surface area (Å²) in [4.78, 5) is 0. The van der Waals surface area contributed by atoms with Crippen molar-refractivity contribution in [1.82, 2.24) is 9.78 Å². The number of ether oxygens (including phenoxy) is 1. The molecule has 0 aliphatic rings. The number of aryl methyl sites for hydroxylation is 1. The quantitative estimate of drug-likeness (QED) is 0.780. The minimum atomic E-state index is 0.417. The van der Waals surface area contributed by atoms with Gasteiger partial charge in [-0.1, -0.05) is 0 Å². The highest BCUT2D eigenvalue weighted by Gasteiger charge is 2.04. The van der Waals surface area contributed by atoms with Crippen molar-refractivity contribution in [1.29, 1.82) is 0 Å². The molecular weight excluding hydrogens is 178 g/mol. The van der Waals surface area contributed by atoms with Crippen LogP contribution < -0.4 is 5.32 Å². The van der Waals surface area contributed by atoms with Crippen LogP contribution in [0.3, 0.4) is 0 Å². The van der Waals surface area contributed by atoms with Gasteiger partial charge >= 0.3 is 0 Å². The molecule has 1 rings (SSSR count). The summed E-state index contributed by atoms with van der Waals surface area (Å²) in [5, 5.41) is 7.68. The van der Waals surface area contributed by atoms with E-state index in [2.05, 4.69) is 30.3 Å². The first-order valence-electron chi connectivity index (χ1n) is 4.93. The lowest BCUT2D eigenvalue weighted by molar-refractivity contribution is 0.183. The van der Waals surface area contributed by atoms with Crippen LogP contribution in [0.1, 0.15) is 19.5 Å². The van der Waals surface area contributed by atoms with E-state index in [1.807, 2.05) is 11.6 Å². The number of rotatable bonds is 5. The highest BCUT2D eigenvalue weighted by Crippen LogP contribution is 2.09. The van der Waals surface area contributed by atoms with E-state index in [-0.39, 0.29) is 0 Å². The molecule has 0 bridgehead atoms. The first kappa shape index (κ1) is 11.0. The van der Waals surface area contributed by atoms with Crippen LogP contribution in [-0.4, -0.2) is 29.5 Å². The highest BCUT2D eigenvalue weighted by atomic mass is 16.5. The summed E-state index contributed by atoms with van der Waals surface area (Å²) in [6.45, 7) is 7.76. The molecule has 0 radical (unpaired) electrons. The molecule has 0 saturated heterocycles. The molecule has 0 aliphatic heterocycles. The molecule has 1 aromatic rings. The van der Waals surface area contributed by atoms with Gasteiger partial charge in [-0.05, 0) is 20.8 Å². The number of methoxy groups -OCH3 is 1. The van der Waals surface area contributed by atoms with Gasteiger partial charge in [0, 0.05) is 24.9 Å². The van der Waals surface area contributed by atoms with E-state index in [4.69, 9.17) is 4.74 Å². The first-order chi connectivity index (χ1) is 6.63. The van der Waals surface area contributed by atoms with E-state index < -0.39 is 0 Å². The minimum Gasteiger partial charge on any atom is -0.383 e. The third-order valence-corrected chi connectivity index (χ3v) is 1.92. The Labute approximate surface area is 85.3 Å². The lowest BCUT2D eigenvalue weighted by Crippen LogP contribution is -2.11. The lowest BCUT2D eigenvalue weighted by atomic mass is 10.4. The van der Waals surface area contributed by atoms with Crippen molar-refractivity contribution in [3.05, 3.63) is 11.8 Å². The lowest BCUT2D eigenvalue weighted by Gasteiger charge is -2.05. The summed E-state index contributed by atoms with van der Waals surface area (Å²) >= 11 is 0.